The lowest BCUT2D eigenvalue weighted by Crippen LogP contribution is -2.29. The highest BCUT2D eigenvalue weighted by atomic mass is 31.2. The van der Waals surface area contributed by atoms with E-state index in [0.717, 1.165) is 32.1 Å². The van der Waals surface area contributed by atoms with Gasteiger partial charge in [-0.3, -0.25) is 14.1 Å². The van der Waals surface area contributed by atoms with Gasteiger partial charge in [-0.05, 0) is 12.8 Å². The summed E-state index contributed by atoms with van der Waals surface area (Å²) in [6.07, 6.45) is 48.4. The Balaban J connectivity index is 3.75. The quantitative estimate of drug-likeness (QED) is 0.0354. The number of hydrogen-bond donors (Lipinski definition) is 2. The molecule has 0 heterocycles. The lowest BCUT2D eigenvalue weighted by Gasteiger charge is -2.18. The fourth-order valence-corrected chi connectivity index (χ4v) is 7.86. The highest BCUT2D eigenvalue weighted by Gasteiger charge is 2.23. The molecule has 56 heavy (non-hydrogen) atoms. The minimum atomic E-state index is -4.75. The number of carbonyl (C=O) groups excluding carboxylic acids is 2. The molecule has 1 atom stereocenters. The van der Waals surface area contributed by atoms with E-state index in [2.05, 4.69) is 18.4 Å². The van der Waals surface area contributed by atoms with Gasteiger partial charge in [-0.15, -0.1) is 0 Å². The molecule has 0 spiro atoms. The van der Waals surface area contributed by atoms with E-state index < -0.39 is 32.5 Å². The molecule has 0 radical (unpaired) electrons. The Morgan fingerprint density at radius 1 is 0.393 bits per heavy atom. The van der Waals surface area contributed by atoms with Crippen LogP contribution in [0.5, 0.6) is 0 Å². The lowest BCUT2D eigenvalue weighted by molar-refractivity contribution is -0.161. The van der Waals surface area contributed by atoms with Crippen LogP contribution in [-0.4, -0.2) is 41.0 Å². The number of hydrogen-bond acceptors (Lipinski definition) is 6. The van der Waals surface area contributed by atoms with Crippen molar-refractivity contribution in [3.05, 3.63) is 0 Å². The molecule has 0 unspecified atom stereocenters. The number of ether oxygens (including phenoxy) is 2. The summed E-state index contributed by atoms with van der Waals surface area (Å²) in [6.45, 7) is 3.74. The lowest BCUT2D eigenvalue weighted by atomic mass is 10.0. The van der Waals surface area contributed by atoms with Gasteiger partial charge >= 0.3 is 19.8 Å². The van der Waals surface area contributed by atoms with E-state index in [9.17, 15) is 14.2 Å². The predicted molar refractivity (Wildman–Crippen MR) is 235 cm³/mol. The second-order valence-electron chi connectivity index (χ2n) is 16.8. The van der Waals surface area contributed by atoms with Crippen LogP contribution in [0.3, 0.4) is 0 Å². The Hall–Kier alpha value is -0.950. The maximum atomic E-state index is 12.4. The van der Waals surface area contributed by atoms with Crippen molar-refractivity contribution in [3.63, 3.8) is 0 Å². The molecule has 0 aliphatic heterocycles. The van der Waals surface area contributed by atoms with E-state index in [0.29, 0.717) is 6.42 Å². The summed E-state index contributed by atoms with van der Waals surface area (Å²) in [5.41, 5.74) is 0. The van der Waals surface area contributed by atoms with Gasteiger partial charge in [0.1, 0.15) is 6.61 Å². The van der Waals surface area contributed by atoms with Gasteiger partial charge in [-0.1, -0.05) is 245 Å². The normalized spacial score (nSPS) is 12.3. The third-order valence-corrected chi connectivity index (χ3v) is 11.6. The first-order chi connectivity index (χ1) is 27.3. The Kier molecular flexibility index (Phi) is 42.9. The van der Waals surface area contributed by atoms with Crippen LogP contribution in [0.1, 0.15) is 271 Å². The van der Waals surface area contributed by atoms with Gasteiger partial charge in [-0.2, -0.15) is 0 Å². The summed E-state index contributed by atoms with van der Waals surface area (Å²) >= 11 is 0. The van der Waals surface area contributed by atoms with Crippen molar-refractivity contribution in [2.45, 2.75) is 277 Å². The Bertz CT molecular complexity index is 878. The summed E-state index contributed by atoms with van der Waals surface area (Å²) < 4.78 is 26.5. The summed E-state index contributed by atoms with van der Waals surface area (Å²) in [5, 5.41) is 0. The molecule has 2 N–H and O–H groups in total. The Labute approximate surface area is 346 Å². The number of phosphoric acid groups is 1. The highest BCUT2D eigenvalue weighted by Crippen LogP contribution is 2.36. The molecule has 0 saturated carbocycles. The second kappa shape index (κ2) is 43.6. The van der Waals surface area contributed by atoms with Gasteiger partial charge in [0.2, 0.25) is 0 Å². The monoisotopic (exact) mass is 817 g/mol. The topological polar surface area (TPSA) is 119 Å². The summed E-state index contributed by atoms with van der Waals surface area (Å²) in [4.78, 5) is 43.0. The smallest absolute Gasteiger partial charge is 0.462 e. The van der Waals surface area contributed by atoms with Crippen molar-refractivity contribution >= 4 is 19.8 Å². The van der Waals surface area contributed by atoms with Crippen molar-refractivity contribution in [1.29, 1.82) is 0 Å². The van der Waals surface area contributed by atoms with E-state index in [1.807, 2.05) is 0 Å². The van der Waals surface area contributed by atoms with Crippen LogP contribution in [0.25, 0.3) is 0 Å². The zero-order chi connectivity index (χ0) is 41.1. The van der Waals surface area contributed by atoms with Crippen molar-refractivity contribution in [3.8, 4) is 0 Å². The van der Waals surface area contributed by atoms with Crippen LogP contribution in [0.4, 0.5) is 0 Å². The number of phosphoric ester groups is 1. The number of esters is 2. The average Bonchev–Trinajstić information content (AvgIpc) is 3.17. The largest absolute Gasteiger partial charge is 0.469 e. The van der Waals surface area contributed by atoms with Crippen LogP contribution in [0, 0.1) is 0 Å². The first-order valence-corrected chi connectivity index (χ1v) is 25.9. The number of rotatable bonds is 46. The van der Waals surface area contributed by atoms with Crippen LogP contribution >= 0.6 is 7.82 Å². The minimum Gasteiger partial charge on any atom is -0.462 e. The fourth-order valence-electron chi connectivity index (χ4n) is 7.49. The molecular formula is C47H93O8P. The van der Waals surface area contributed by atoms with E-state index in [-0.39, 0.29) is 19.4 Å². The first kappa shape index (κ1) is 55.0. The Morgan fingerprint density at radius 3 is 0.911 bits per heavy atom. The third kappa shape index (κ3) is 45.7. The van der Waals surface area contributed by atoms with Gasteiger partial charge in [-0.25, -0.2) is 4.57 Å². The van der Waals surface area contributed by atoms with E-state index in [4.69, 9.17) is 19.3 Å². The van der Waals surface area contributed by atoms with Crippen LogP contribution in [-0.2, 0) is 28.2 Å². The fraction of sp³-hybridized carbons (Fsp3) is 0.957. The summed E-state index contributed by atoms with van der Waals surface area (Å²) in [5.74, 6) is -0.863. The molecule has 0 amide bonds. The first-order valence-electron chi connectivity index (χ1n) is 24.3. The molecule has 0 fully saturated rings. The van der Waals surface area contributed by atoms with E-state index in [1.54, 1.807) is 0 Å². The third-order valence-electron chi connectivity index (χ3n) is 11.1. The molecule has 0 saturated heterocycles. The zero-order valence-corrected chi connectivity index (χ0v) is 38.0. The standard InChI is InChI=1S/C47H93O8P/c1-3-5-7-9-11-13-15-17-19-20-21-22-23-24-25-26-28-29-31-33-35-37-39-41-46(48)53-43-45(44-54-56(50,51)52)55-47(49)42-40-38-36-34-32-30-27-18-16-14-12-10-8-6-4-2/h45H,3-44H2,1-2H3,(H2,50,51,52)/t45-/m1/s1. The van der Waals surface area contributed by atoms with Gasteiger partial charge in [0.05, 0.1) is 6.61 Å². The molecule has 0 aliphatic carbocycles. The SMILES string of the molecule is CCCCCCCCCCCCCCCCCCCCCCCCCC(=O)OC[C@H](COP(=O)(O)O)OC(=O)CCCCCCCCCCCCCCCCC. The number of unbranched alkanes of at least 4 members (excludes halogenated alkanes) is 36. The molecule has 0 bridgehead atoms. The van der Waals surface area contributed by atoms with Crippen LogP contribution in [0.2, 0.25) is 0 Å². The van der Waals surface area contributed by atoms with Gasteiger partial charge in [0.25, 0.3) is 0 Å². The van der Waals surface area contributed by atoms with Gasteiger partial charge in [0, 0.05) is 12.8 Å². The molecule has 0 aromatic heterocycles. The molecule has 0 rings (SSSR count). The molecular weight excluding hydrogens is 723 g/mol. The average molecular weight is 817 g/mol. The maximum Gasteiger partial charge on any atom is 0.469 e. The molecule has 0 aromatic carbocycles. The summed E-state index contributed by atoms with van der Waals surface area (Å²) in [7, 11) is -4.75. The van der Waals surface area contributed by atoms with Crippen molar-refractivity contribution in [1.82, 2.24) is 0 Å². The van der Waals surface area contributed by atoms with Crippen LogP contribution < -0.4 is 0 Å². The molecule has 0 aliphatic rings. The van der Waals surface area contributed by atoms with Crippen LogP contribution in [0.15, 0.2) is 0 Å². The predicted octanol–water partition coefficient (Wildman–Crippen LogP) is 15.2. The van der Waals surface area contributed by atoms with E-state index in [1.165, 1.54) is 205 Å². The minimum absolute atomic E-state index is 0.220. The highest BCUT2D eigenvalue weighted by molar-refractivity contribution is 7.46. The zero-order valence-electron chi connectivity index (χ0n) is 37.1. The molecule has 0 aromatic rings. The van der Waals surface area contributed by atoms with Gasteiger partial charge in [0.15, 0.2) is 6.10 Å². The van der Waals surface area contributed by atoms with Gasteiger partial charge < -0.3 is 19.3 Å². The molecule has 334 valence electrons. The van der Waals surface area contributed by atoms with E-state index >= 15 is 0 Å². The second-order valence-corrected chi connectivity index (χ2v) is 18.0. The molecule has 9 heteroatoms. The van der Waals surface area contributed by atoms with Crippen molar-refractivity contribution < 1.29 is 37.9 Å². The summed E-state index contributed by atoms with van der Waals surface area (Å²) in [6, 6.07) is 0. The van der Waals surface area contributed by atoms with Crippen molar-refractivity contribution in [2.75, 3.05) is 13.2 Å². The molecule has 8 nitrogen and oxygen atoms in total. The number of carbonyl (C=O) groups is 2. The Morgan fingerprint density at radius 2 is 0.643 bits per heavy atom. The maximum absolute atomic E-state index is 12.4. The van der Waals surface area contributed by atoms with Crippen molar-refractivity contribution in [2.24, 2.45) is 0 Å².